The van der Waals surface area contributed by atoms with Gasteiger partial charge >= 0.3 is 0 Å². The summed E-state index contributed by atoms with van der Waals surface area (Å²) in [7, 11) is 2.14. The average molecular weight is 377 g/mol. The molecule has 0 bridgehead atoms. The van der Waals surface area contributed by atoms with Crippen molar-refractivity contribution in [1.82, 2.24) is 14.3 Å². The van der Waals surface area contributed by atoms with Gasteiger partial charge in [-0.25, -0.2) is 0 Å². The van der Waals surface area contributed by atoms with Gasteiger partial charge < -0.3 is 9.32 Å². The van der Waals surface area contributed by atoms with Gasteiger partial charge in [0.15, 0.2) is 12.4 Å². The highest BCUT2D eigenvalue weighted by Gasteiger charge is 2.18. The van der Waals surface area contributed by atoms with E-state index >= 15 is 0 Å². The Labute approximate surface area is 163 Å². The minimum Gasteiger partial charge on any atom is -0.461 e. The number of aromatic nitrogens is 3. The molecular weight excluding hydrogens is 356 g/mol. The van der Waals surface area contributed by atoms with E-state index in [2.05, 4.69) is 31.3 Å². The molecule has 4 aromatic rings. The molecule has 0 saturated heterocycles. The van der Waals surface area contributed by atoms with E-state index in [1.54, 1.807) is 6.26 Å². The molecular formula is C21H21N4OS+. The van der Waals surface area contributed by atoms with E-state index in [1.807, 2.05) is 57.8 Å². The van der Waals surface area contributed by atoms with Gasteiger partial charge in [-0.2, -0.15) is 4.68 Å². The maximum atomic E-state index is 5.76. The first-order chi connectivity index (χ1) is 13.2. The summed E-state index contributed by atoms with van der Waals surface area (Å²) < 4.78 is 10.1. The topological polar surface area (TPSA) is 40.3 Å². The van der Waals surface area contributed by atoms with Crippen LogP contribution in [-0.2, 0) is 13.2 Å². The number of benzene rings is 2. The average Bonchev–Trinajstić information content (AvgIpc) is 3.32. The highest BCUT2D eigenvalue weighted by atomic mass is 32.1. The summed E-state index contributed by atoms with van der Waals surface area (Å²) in [6.07, 6.45) is 1.65. The van der Waals surface area contributed by atoms with E-state index in [-0.39, 0.29) is 0 Å². The third-order valence-corrected chi connectivity index (χ3v) is 4.76. The lowest BCUT2D eigenvalue weighted by Gasteiger charge is -2.13. The number of quaternary nitrogens is 1. The van der Waals surface area contributed by atoms with Crippen molar-refractivity contribution in [3.05, 3.63) is 89.4 Å². The zero-order valence-corrected chi connectivity index (χ0v) is 15.9. The van der Waals surface area contributed by atoms with Gasteiger partial charge in [0.05, 0.1) is 19.0 Å². The Balaban J connectivity index is 1.69. The molecule has 0 aliphatic carbocycles. The maximum absolute atomic E-state index is 5.76. The Morgan fingerprint density at radius 1 is 0.963 bits per heavy atom. The van der Waals surface area contributed by atoms with Crippen molar-refractivity contribution in [2.45, 2.75) is 13.2 Å². The molecule has 6 heteroatoms. The van der Waals surface area contributed by atoms with Crippen molar-refractivity contribution in [3.63, 3.8) is 0 Å². The van der Waals surface area contributed by atoms with E-state index in [0.717, 1.165) is 12.2 Å². The summed E-state index contributed by atoms with van der Waals surface area (Å²) in [4.78, 5) is 1.29. The Morgan fingerprint density at radius 3 is 2.33 bits per heavy atom. The molecule has 2 aromatic carbocycles. The Hall–Kier alpha value is -2.96. The lowest BCUT2D eigenvalue weighted by molar-refractivity contribution is -0.917. The molecule has 27 heavy (non-hydrogen) atoms. The quantitative estimate of drug-likeness (QED) is 0.524. The van der Waals surface area contributed by atoms with Crippen molar-refractivity contribution >= 4 is 12.2 Å². The third-order valence-electron chi connectivity index (χ3n) is 4.36. The number of nitrogens with one attached hydrogen (secondary N) is 1. The molecule has 0 spiro atoms. The molecule has 2 aromatic heterocycles. The first-order valence-electron chi connectivity index (χ1n) is 8.87. The van der Waals surface area contributed by atoms with Gasteiger partial charge in [-0.05, 0) is 36.5 Å². The van der Waals surface area contributed by atoms with Gasteiger partial charge in [0.1, 0.15) is 6.54 Å². The molecule has 5 nitrogen and oxygen atoms in total. The molecule has 1 unspecified atom stereocenters. The molecule has 2 heterocycles. The predicted molar refractivity (Wildman–Crippen MR) is 107 cm³/mol. The first kappa shape index (κ1) is 17.5. The zero-order valence-electron chi connectivity index (χ0n) is 15.1. The molecule has 1 N–H and O–H groups in total. The summed E-state index contributed by atoms with van der Waals surface area (Å²) in [6.45, 7) is 1.57. The van der Waals surface area contributed by atoms with Crippen LogP contribution in [0.3, 0.4) is 0 Å². The highest BCUT2D eigenvalue weighted by molar-refractivity contribution is 7.71. The second kappa shape index (κ2) is 7.73. The number of rotatable bonds is 6. The monoisotopic (exact) mass is 377 g/mol. The van der Waals surface area contributed by atoms with Gasteiger partial charge in [0.2, 0.25) is 10.6 Å². The first-order valence-corrected chi connectivity index (χ1v) is 9.27. The molecule has 0 radical (unpaired) electrons. The fraction of sp³-hybridized carbons (Fsp3) is 0.143. The molecule has 0 fully saturated rings. The molecule has 136 valence electrons. The van der Waals surface area contributed by atoms with Gasteiger partial charge in [0, 0.05) is 5.56 Å². The van der Waals surface area contributed by atoms with Crippen LogP contribution in [-0.4, -0.2) is 21.4 Å². The van der Waals surface area contributed by atoms with E-state index < -0.39 is 0 Å². The molecule has 0 saturated carbocycles. The fourth-order valence-electron chi connectivity index (χ4n) is 3.14. The normalized spacial score (nSPS) is 12.2. The Kier molecular flexibility index (Phi) is 5.00. The number of hydrogen-bond acceptors (Lipinski definition) is 3. The Bertz CT molecular complexity index is 1050. The Morgan fingerprint density at radius 2 is 1.67 bits per heavy atom. The van der Waals surface area contributed by atoms with Gasteiger partial charge in [0.25, 0.3) is 0 Å². The van der Waals surface area contributed by atoms with Crippen molar-refractivity contribution in [2.24, 2.45) is 0 Å². The zero-order chi connectivity index (χ0) is 18.6. The number of furan rings is 1. The van der Waals surface area contributed by atoms with Crippen LogP contribution in [0.25, 0.3) is 17.3 Å². The third kappa shape index (κ3) is 3.77. The second-order valence-electron chi connectivity index (χ2n) is 6.53. The summed E-state index contributed by atoms with van der Waals surface area (Å²) in [6, 6.07) is 24.2. The lowest BCUT2D eigenvalue weighted by atomic mass is 10.2. The predicted octanol–water partition coefficient (Wildman–Crippen LogP) is 3.34. The van der Waals surface area contributed by atoms with E-state index in [9.17, 15) is 0 Å². The number of nitrogens with zero attached hydrogens (tertiary/aromatic N) is 3. The maximum Gasteiger partial charge on any atom is 0.207 e. The standard InChI is InChI=1S/C21H20N4OS/c1-23(15-17-9-4-2-5-10-17)16-24-21(27)25(18-11-6-3-7-12-18)20(22-24)19-13-8-14-26-19/h2-14H,15-16H2,1H3/p+1. The summed E-state index contributed by atoms with van der Waals surface area (Å²) in [5.41, 5.74) is 2.26. The van der Waals surface area contributed by atoms with E-state index in [0.29, 0.717) is 23.0 Å². The van der Waals surface area contributed by atoms with Gasteiger partial charge in [-0.1, -0.05) is 48.5 Å². The van der Waals surface area contributed by atoms with Gasteiger partial charge in [-0.15, -0.1) is 5.10 Å². The molecule has 4 rings (SSSR count). The largest absolute Gasteiger partial charge is 0.461 e. The number of para-hydroxylation sites is 1. The second-order valence-corrected chi connectivity index (χ2v) is 6.90. The van der Waals surface area contributed by atoms with Crippen LogP contribution in [0.2, 0.25) is 0 Å². The smallest absolute Gasteiger partial charge is 0.207 e. The molecule has 0 aliphatic rings. The van der Waals surface area contributed by atoms with Crippen LogP contribution < -0.4 is 4.90 Å². The minimum atomic E-state index is 0.653. The minimum absolute atomic E-state index is 0.653. The summed E-state index contributed by atoms with van der Waals surface area (Å²) >= 11 is 5.76. The molecule has 0 amide bonds. The molecule has 0 aliphatic heterocycles. The lowest BCUT2D eigenvalue weighted by Crippen LogP contribution is -3.07. The van der Waals surface area contributed by atoms with E-state index in [1.165, 1.54) is 10.5 Å². The van der Waals surface area contributed by atoms with Crippen molar-refractivity contribution < 1.29 is 9.32 Å². The molecule has 1 atom stereocenters. The van der Waals surface area contributed by atoms with Crippen LogP contribution >= 0.6 is 12.2 Å². The van der Waals surface area contributed by atoms with E-state index in [4.69, 9.17) is 21.7 Å². The van der Waals surface area contributed by atoms with Crippen LogP contribution in [0, 0.1) is 4.77 Å². The highest BCUT2D eigenvalue weighted by Crippen LogP contribution is 2.22. The van der Waals surface area contributed by atoms with Crippen LogP contribution in [0.1, 0.15) is 5.56 Å². The number of hydrogen-bond donors (Lipinski definition) is 1. The van der Waals surface area contributed by atoms with Crippen LogP contribution in [0.15, 0.2) is 83.5 Å². The summed E-state index contributed by atoms with van der Waals surface area (Å²) in [5.74, 6) is 1.41. The van der Waals surface area contributed by atoms with Crippen molar-refractivity contribution in [1.29, 1.82) is 0 Å². The van der Waals surface area contributed by atoms with Crippen molar-refractivity contribution in [2.75, 3.05) is 7.05 Å². The SMILES string of the molecule is C[NH+](Cc1ccccc1)Cn1nc(-c2ccco2)n(-c2ccccc2)c1=S. The van der Waals surface area contributed by atoms with Crippen LogP contribution in [0.5, 0.6) is 0 Å². The van der Waals surface area contributed by atoms with Crippen molar-refractivity contribution in [3.8, 4) is 17.3 Å². The fourth-order valence-corrected chi connectivity index (χ4v) is 3.44. The summed E-state index contributed by atoms with van der Waals surface area (Å²) in [5, 5.41) is 4.77. The van der Waals surface area contributed by atoms with Gasteiger partial charge in [-0.3, -0.25) is 4.57 Å². The van der Waals surface area contributed by atoms with Crippen LogP contribution in [0.4, 0.5) is 0 Å².